The molecule has 0 aliphatic carbocycles. The van der Waals surface area contributed by atoms with Gasteiger partial charge in [-0.25, -0.2) is 4.79 Å². The SMILES string of the molecule is CCn1nccc1-c1cc(C(=O)O)n(C)n1. The smallest absolute Gasteiger partial charge is 0.354 e. The van der Waals surface area contributed by atoms with E-state index >= 15 is 0 Å². The fourth-order valence-electron chi connectivity index (χ4n) is 1.59. The molecule has 2 rings (SSSR count). The molecule has 0 saturated heterocycles. The average molecular weight is 220 g/mol. The quantitative estimate of drug-likeness (QED) is 0.837. The monoisotopic (exact) mass is 220 g/mol. The second-order valence-corrected chi connectivity index (χ2v) is 3.38. The molecule has 0 aromatic carbocycles. The number of aryl methyl sites for hydroxylation is 2. The van der Waals surface area contributed by atoms with Crippen molar-refractivity contribution in [3.05, 3.63) is 24.0 Å². The van der Waals surface area contributed by atoms with Crippen LogP contribution in [0.5, 0.6) is 0 Å². The first kappa shape index (κ1) is 10.4. The summed E-state index contributed by atoms with van der Waals surface area (Å²) in [6.45, 7) is 2.69. The average Bonchev–Trinajstić information content (AvgIpc) is 2.82. The molecule has 84 valence electrons. The zero-order valence-electron chi connectivity index (χ0n) is 9.08. The predicted octanol–water partition coefficient (Wildman–Crippen LogP) is 1.00. The standard InChI is InChI=1S/C10H12N4O2/c1-3-14-8(4-5-11-14)7-6-9(10(15)16)13(2)12-7/h4-6H,3H2,1-2H3,(H,15,16). The Bertz CT molecular complexity index is 527. The van der Waals surface area contributed by atoms with Crippen molar-refractivity contribution >= 4 is 5.97 Å². The lowest BCUT2D eigenvalue weighted by atomic mass is 10.3. The van der Waals surface area contributed by atoms with E-state index in [2.05, 4.69) is 10.2 Å². The molecule has 1 N–H and O–H groups in total. The van der Waals surface area contributed by atoms with Gasteiger partial charge in [0.05, 0.1) is 5.69 Å². The highest BCUT2D eigenvalue weighted by atomic mass is 16.4. The molecule has 2 heterocycles. The summed E-state index contributed by atoms with van der Waals surface area (Å²) in [5, 5.41) is 17.2. The molecule has 0 radical (unpaired) electrons. The first-order valence-corrected chi connectivity index (χ1v) is 4.93. The van der Waals surface area contributed by atoms with Gasteiger partial charge in [-0.2, -0.15) is 10.2 Å². The van der Waals surface area contributed by atoms with E-state index in [9.17, 15) is 4.79 Å². The minimum Gasteiger partial charge on any atom is -0.477 e. The van der Waals surface area contributed by atoms with Crippen molar-refractivity contribution in [1.82, 2.24) is 19.6 Å². The Kier molecular flexibility index (Phi) is 2.47. The van der Waals surface area contributed by atoms with Crippen LogP contribution in [0.2, 0.25) is 0 Å². The van der Waals surface area contributed by atoms with Crippen LogP contribution in [-0.4, -0.2) is 30.6 Å². The van der Waals surface area contributed by atoms with Crippen LogP contribution in [0.4, 0.5) is 0 Å². The third kappa shape index (κ3) is 1.58. The highest BCUT2D eigenvalue weighted by molar-refractivity contribution is 5.87. The van der Waals surface area contributed by atoms with Gasteiger partial charge in [-0.05, 0) is 13.0 Å². The van der Waals surface area contributed by atoms with Crippen LogP contribution in [0.25, 0.3) is 11.4 Å². The Balaban J connectivity index is 2.49. The zero-order chi connectivity index (χ0) is 11.7. The van der Waals surface area contributed by atoms with E-state index in [-0.39, 0.29) is 5.69 Å². The van der Waals surface area contributed by atoms with Gasteiger partial charge in [-0.1, -0.05) is 0 Å². The Labute approximate surface area is 92.1 Å². The minimum atomic E-state index is -0.983. The maximum Gasteiger partial charge on any atom is 0.354 e. The molecule has 2 aromatic rings. The summed E-state index contributed by atoms with van der Waals surface area (Å²) in [4.78, 5) is 10.9. The van der Waals surface area contributed by atoms with Crippen LogP contribution >= 0.6 is 0 Å². The number of carboxylic acid groups (broad SMARTS) is 1. The molecule has 0 spiro atoms. The highest BCUT2D eigenvalue weighted by Gasteiger charge is 2.14. The Morgan fingerprint density at radius 3 is 2.88 bits per heavy atom. The maximum absolute atomic E-state index is 10.9. The van der Waals surface area contributed by atoms with E-state index in [1.165, 1.54) is 4.68 Å². The molecule has 0 amide bonds. The number of aromatic nitrogens is 4. The van der Waals surface area contributed by atoms with Gasteiger partial charge >= 0.3 is 5.97 Å². The van der Waals surface area contributed by atoms with Gasteiger partial charge in [0.1, 0.15) is 11.4 Å². The lowest BCUT2D eigenvalue weighted by Gasteiger charge is -1.99. The van der Waals surface area contributed by atoms with E-state index in [1.807, 2.05) is 13.0 Å². The highest BCUT2D eigenvalue weighted by Crippen LogP contribution is 2.18. The molecule has 0 fully saturated rings. The minimum absolute atomic E-state index is 0.166. The molecular weight excluding hydrogens is 208 g/mol. The Hall–Kier alpha value is -2.11. The zero-order valence-corrected chi connectivity index (χ0v) is 9.08. The van der Waals surface area contributed by atoms with Gasteiger partial charge in [-0.3, -0.25) is 9.36 Å². The van der Waals surface area contributed by atoms with Gasteiger partial charge in [0, 0.05) is 25.9 Å². The predicted molar refractivity (Wildman–Crippen MR) is 57.1 cm³/mol. The van der Waals surface area contributed by atoms with Gasteiger partial charge in [-0.15, -0.1) is 0 Å². The molecule has 0 aliphatic heterocycles. The van der Waals surface area contributed by atoms with Crippen molar-refractivity contribution in [3.8, 4) is 11.4 Å². The lowest BCUT2D eigenvalue weighted by Crippen LogP contribution is -2.04. The van der Waals surface area contributed by atoms with Crippen molar-refractivity contribution in [2.75, 3.05) is 0 Å². The number of nitrogens with zero attached hydrogens (tertiary/aromatic N) is 4. The lowest BCUT2D eigenvalue weighted by molar-refractivity contribution is 0.0685. The number of carbonyl (C=O) groups is 1. The Morgan fingerprint density at radius 2 is 2.31 bits per heavy atom. The van der Waals surface area contributed by atoms with E-state index in [0.29, 0.717) is 5.69 Å². The second kappa shape index (κ2) is 3.80. The molecule has 0 unspecified atom stereocenters. The van der Waals surface area contributed by atoms with E-state index in [0.717, 1.165) is 12.2 Å². The third-order valence-corrected chi connectivity index (χ3v) is 2.38. The molecule has 0 saturated carbocycles. The van der Waals surface area contributed by atoms with Crippen LogP contribution in [0.15, 0.2) is 18.3 Å². The van der Waals surface area contributed by atoms with Gasteiger partial charge in [0.2, 0.25) is 0 Å². The van der Waals surface area contributed by atoms with E-state index in [4.69, 9.17) is 5.11 Å². The molecule has 6 heteroatoms. The molecule has 0 atom stereocenters. The normalized spacial score (nSPS) is 10.6. The van der Waals surface area contributed by atoms with Crippen LogP contribution in [0.1, 0.15) is 17.4 Å². The molecule has 0 aliphatic rings. The molecular formula is C10H12N4O2. The fraction of sp³-hybridized carbons (Fsp3) is 0.300. The Morgan fingerprint density at radius 1 is 1.56 bits per heavy atom. The van der Waals surface area contributed by atoms with Gasteiger partial charge in [0.15, 0.2) is 0 Å². The molecule has 6 nitrogen and oxygen atoms in total. The number of rotatable bonds is 3. The summed E-state index contributed by atoms with van der Waals surface area (Å²) in [5.74, 6) is -0.983. The second-order valence-electron chi connectivity index (χ2n) is 3.38. The van der Waals surface area contributed by atoms with Gasteiger partial charge < -0.3 is 5.11 Å². The van der Waals surface area contributed by atoms with Crippen molar-refractivity contribution in [2.24, 2.45) is 7.05 Å². The number of carboxylic acids is 1. The summed E-state index contributed by atoms with van der Waals surface area (Å²) in [6, 6.07) is 3.36. The molecule has 0 bridgehead atoms. The number of hydrogen-bond acceptors (Lipinski definition) is 3. The van der Waals surface area contributed by atoms with Crippen LogP contribution < -0.4 is 0 Å². The first-order valence-electron chi connectivity index (χ1n) is 4.93. The first-order chi connectivity index (χ1) is 7.63. The molecule has 16 heavy (non-hydrogen) atoms. The number of aromatic carboxylic acids is 1. The van der Waals surface area contributed by atoms with Crippen molar-refractivity contribution in [2.45, 2.75) is 13.5 Å². The summed E-state index contributed by atoms with van der Waals surface area (Å²) < 4.78 is 3.12. The maximum atomic E-state index is 10.9. The van der Waals surface area contributed by atoms with Gasteiger partial charge in [0.25, 0.3) is 0 Å². The van der Waals surface area contributed by atoms with Crippen molar-refractivity contribution in [1.29, 1.82) is 0 Å². The summed E-state index contributed by atoms with van der Waals surface area (Å²) in [7, 11) is 1.61. The third-order valence-electron chi connectivity index (χ3n) is 2.38. The van der Waals surface area contributed by atoms with Crippen LogP contribution in [0, 0.1) is 0 Å². The summed E-state index contributed by atoms with van der Waals surface area (Å²) in [5.41, 5.74) is 1.61. The molecule has 2 aromatic heterocycles. The van der Waals surface area contributed by atoms with Crippen LogP contribution in [-0.2, 0) is 13.6 Å². The van der Waals surface area contributed by atoms with Crippen molar-refractivity contribution in [3.63, 3.8) is 0 Å². The number of hydrogen-bond donors (Lipinski definition) is 1. The topological polar surface area (TPSA) is 72.9 Å². The van der Waals surface area contributed by atoms with E-state index < -0.39 is 5.97 Å². The fourth-order valence-corrected chi connectivity index (χ4v) is 1.59. The summed E-state index contributed by atoms with van der Waals surface area (Å²) in [6.07, 6.45) is 1.67. The van der Waals surface area contributed by atoms with E-state index in [1.54, 1.807) is 24.0 Å². The van der Waals surface area contributed by atoms with Crippen molar-refractivity contribution < 1.29 is 9.90 Å². The largest absolute Gasteiger partial charge is 0.477 e. The summed E-state index contributed by atoms with van der Waals surface area (Å²) >= 11 is 0. The van der Waals surface area contributed by atoms with Crippen LogP contribution in [0.3, 0.4) is 0 Å².